The van der Waals surface area contributed by atoms with Crippen molar-refractivity contribution in [3.63, 3.8) is 0 Å². The lowest BCUT2D eigenvalue weighted by Crippen LogP contribution is -3.12. The Hall–Kier alpha value is -3.04. The second-order valence-electron chi connectivity index (χ2n) is 7.31. The van der Waals surface area contributed by atoms with E-state index in [0.717, 1.165) is 4.90 Å². The minimum Gasteiger partial charge on any atom is -0.507 e. The maximum Gasteiger partial charge on any atom is 0.450 e. The molecule has 9 heteroatoms. The molecule has 0 radical (unpaired) electrons. The van der Waals surface area contributed by atoms with Crippen LogP contribution in [0.4, 0.5) is 13.2 Å². The lowest BCUT2D eigenvalue weighted by molar-refractivity contribution is -0.921. The first-order chi connectivity index (χ1) is 14.8. The molecule has 31 heavy (non-hydrogen) atoms. The molecule has 1 aromatic heterocycles. The minimum atomic E-state index is -4.93. The predicted molar refractivity (Wildman–Crippen MR) is 106 cm³/mol. The van der Waals surface area contributed by atoms with Crippen LogP contribution in [-0.2, 0) is 17.5 Å². The Morgan fingerprint density at radius 1 is 1.13 bits per heavy atom. The Labute approximate surface area is 175 Å². The Balaban J connectivity index is 1.99. The fourth-order valence-electron chi connectivity index (χ4n) is 3.86. The Bertz CT molecular complexity index is 1170. The average Bonchev–Trinajstić information content (AvgIpc) is 2.75. The molecule has 164 valence electrons. The second-order valence-corrected chi connectivity index (χ2v) is 7.31. The summed E-state index contributed by atoms with van der Waals surface area (Å²) < 4.78 is 57.9. The molecule has 0 bridgehead atoms. The van der Waals surface area contributed by atoms with E-state index in [4.69, 9.17) is 13.9 Å². The number of phenolic OH excluding ortho intramolecular Hbond substituents is 1. The molecule has 1 saturated heterocycles. The molecule has 0 aliphatic carbocycles. The topological polar surface area (TPSA) is 73.3 Å². The largest absolute Gasteiger partial charge is 0.507 e. The number of halogens is 3. The molecule has 1 fully saturated rings. The number of fused-ring (bicyclic) bond motifs is 1. The van der Waals surface area contributed by atoms with Gasteiger partial charge in [-0.2, -0.15) is 13.2 Å². The highest BCUT2D eigenvalue weighted by Gasteiger charge is 2.40. The van der Waals surface area contributed by atoms with Crippen LogP contribution in [0.15, 0.2) is 45.6 Å². The number of rotatable bonds is 4. The number of methoxy groups -OCH3 is 1. The summed E-state index contributed by atoms with van der Waals surface area (Å²) in [5.74, 6) is -1.51. The smallest absolute Gasteiger partial charge is 0.450 e. The van der Waals surface area contributed by atoms with Crippen LogP contribution < -0.4 is 15.1 Å². The van der Waals surface area contributed by atoms with Gasteiger partial charge in [0.2, 0.25) is 11.2 Å². The van der Waals surface area contributed by atoms with Crippen LogP contribution in [0.5, 0.6) is 11.5 Å². The molecule has 2 aromatic carbocycles. The zero-order valence-electron chi connectivity index (χ0n) is 16.7. The summed E-state index contributed by atoms with van der Waals surface area (Å²) in [6, 6.07) is 8.57. The summed E-state index contributed by atoms with van der Waals surface area (Å²) in [6.45, 7) is 2.49. The molecule has 1 aliphatic rings. The quantitative estimate of drug-likeness (QED) is 0.658. The lowest BCUT2D eigenvalue weighted by atomic mass is 9.99. The molecule has 0 unspecified atom stereocenters. The molecule has 0 atom stereocenters. The first kappa shape index (κ1) is 21.2. The highest BCUT2D eigenvalue weighted by molar-refractivity contribution is 5.87. The van der Waals surface area contributed by atoms with Crippen molar-refractivity contribution < 1.29 is 37.1 Å². The number of para-hydroxylation sites is 1. The molecule has 4 rings (SSSR count). The number of benzene rings is 2. The van der Waals surface area contributed by atoms with Crippen molar-refractivity contribution in [3.8, 4) is 22.6 Å². The number of alkyl halides is 3. The summed E-state index contributed by atoms with van der Waals surface area (Å²) in [5.41, 5.74) is -1.55. The van der Waals surface area contributed by atoms with E-state index in [1.807, 2.05) is 0 Å². The molecular formula is C22H21F3NO5+. The van der Waals surface area contributed by atoms with Gasteiger partial charge in [0.15, 0.2) is 5.58 Å². The summed E-state index contributed by atoms with van der Waals surface area (Å²) >= 11 is 0. The molecule has 0 spiro atoms. The van der Waals surface area contributed by atoms with Gasteiger partial charge in [-0.3, -0.25) is 4.79 Å². The van der Waals surface area contributed by atoms with Crippen molar-refractivity contribution in [2.24, 2.45) is 0 Å². The van der Waals surface area contributed by atoms with Gasteiger partial charge in [-0.05, 0) is 18.2 Å². The van der Waals surface area contributed by atoms with E-state index in [-0.39, 0.29) is 40.1 Å². The number of quaternary nitrogens is 1. The molecule has 0 amide bonds. The third kappa shape index (κ3) is 3.98. The maximum atomic E-state index is 14.0. The molecule has 2 N–H and O–H groups in total. The Morgan fingerprint density at radius 3 is 2.52 bits per heavy atom. The highest BCUT2D eigenvalue weighted by Crippen LogP contribution is 2.41. The summed E-state index contributed by atoms with van der Waals surface area (Å²) in [7, 11) is 1.32. The zero-order chi connectivity index (χ0) is 22.2. The number of hydrogen-bond donors (Lipinski definition) is 2. The third-order valence-corrected chi connectivity index (χ3v) is 5.40. The van der Waals surface area contributed by atoms with Crippen molar-refractivity contribution in [3.05, 3.63) is 57.9 Å². The van der Waals surface area contributed by atoms with Crippen LogP contribution in [0.2, 0.25) is 0 Å². The monoisotopic (exact) mass is 436 g/mol. The number of hydrogen-bond acceptors (Lipinski definition) is 5. The van der Waals surface area contributed by atoms with Gasteiger partial charge in [-0.25, -0.2) is 0 Å². The number of morpholine rings is 1. The summed E-state index contributed by atoms with van der Waals surface area (Å²) in [5, 5.41) is 10.4. The van der Waals surface area contributed by atoms with E-state index in [1.54, 1.807) is 6.07 Å². The van der Waals surface area contributed by atoms with Gasteiger partial charge >= 0.3 is 6.18 Å². The number of nitrogens with one attached hydrogen (secondary N) is 1. The Kier molecular flexibility index (Phi) is 5.63. The van der Waals surface area contributed by atoms with Crippen LogP contribution in [0, 0.1) is 0 Å². The Morgan fingerprint density at radius 2 is 1.84 bits per heavy atom. The lowest BCUT2D eigenvalue weighted by Gasteiger charge is -2.24. The van der Waals surface area contributed by atoms with Crippen LogP contribution in [0.25, 0.3) is 22.1 Å². The second kappa shape index (κ2) is 8.24. The van der Waals surface area contributed by atoms with E-state index in [1.165, 1.54) is 37.4 Å². The predicted octanol–water partition coefficient (Wildman–Crippen LogP) is 2.61. The number of phenols is 1. The van der Waals surface area contributed by atoms with Gasteiger partial charge in [0.25, 0.3) is 0 Å². The van der Waals surface area contributed by atoms with Crippen molar-refractivity contribution in [2.45, 2.75) is 12.7 Å². The van der Waals surface area contributed by atoms with E-state index in [0.29, 0.717) is 26.3 Å². The van der Waals surface area contributed by atoms with Crippen molar-refractivity contribution in [1.29, 1.82) is 0 Å². The average molecular weight is 436 g/mol. The van der Waals surface area contributed by atoms with E-state index in [9.17, 15) is 23.1 Å². The van der Waals surface area contributed by atoms with Gasteiger partial charge in [-0.15, -0.1) is 0 Å². The fraction of sp³-hybridized carbons (Fsp3) is 0.318. The van der Waals surface area contributed by atoms with E-state index >= 15 is 0 Å². The molecule has 1 aliphatic heterocycles. The molecule has 0 saturated carbocycles. The zero-order valence-corrected chi connectivity index (χ0v) is 16.7. The van der Waals surface area contributed by atoms with Gasteiger partial charge in [-0.1, -0.05) is 18.2 Å². The highest BCUT2D eigenvalue weighted by atomic mass is 19.4. The van der Waals surface area contributed by atoms with Gasteiger partial charge in [0.1, 0.15) is 31.1 Å². The molecule has 3 aromatic rings. The van der Waals surface area contributed by atoms with E-state index in [2.05, 4.69) is 0 Å². The maximum absolute atomic E-state index is 14.0. The van der Waals surface area contributed by atoms with Crippen molar-refractivity contribution >= 4 is 11.0 Å². The van der Waals surface area contributed by atoms with Crippen molar-refractivity contribution in [2.75, 3.05) is 33.4 Å². The van der Waals surface area contributed by atoms with Gasteiger partial charge in [0, 0.05) is 5.56 Å². The number of aromatic hydroxyl groups is 1. The fourth-order valence-corrected chi connectivity index (χ4v) is 3.86. The van der Waals surface area contributed by atoms with Crippen molar-refractivity contribution in [1.82, 2.24) is 0 Å². The number of ether oxygens (including phenoxy) is 2. The van der Waals surface area contributed by atoms with Crippen LogP contribution in [0.1, 0.15) is 11.3 Å². The summed E-state index contributed by atoms with van der Waals surface area (Å²) in [6.07, 6.45) is -4.93. The first-order valence-electron chi connectivity index (χ1n) is 9.74. The standard InChI is InChI=1S/C22H20F3NO5/c1-29-17-5-3-2-4-13(17)18-19(28)14-6-7-16(27)15(12-26-8-10-30-11-9-26)20(14)31-21(18)22(23,24)25/h2-7,27H,8-12H2,1H3/p+1. The van der Waals surface area contributed by atoms with Gasteiger partial charge < -0.3 is 23.9 Å². The van der Waals surface area contributed by atoms with Crippen LogP contribution in [0.3, 0.4) is 0 Å². The first-order valence-corrected chi connectivity index (χ1v) is 9.74. The van der Waals surface area contributed by atoms with Gasteiger partial charge in [0.05, 0.1) is 36.8 Å². The summed E-state index contributed by atoms with van der Waals surface area (Å²) in [4.78, 5) is 14.3. The molecular weight excluding hydrogens is 415 g/mol. The van der Waals surface area contributed by atoms with E-state index < -0.39 is 22.9 Å². The van der Waals surface area contributed by atoms with Crippen LogP contribution in [-0.4, -0.2) is 38.5 Å². The molecule has 6 nitrogen and oxygen atoms in total. The SMILES string of the molecule is COc1ccccc1-c1c(C(F)(F)F)oc2c(C[NH+]3CCOCC3)c(O)ccc2c1=O. The normalized spacial score (nSPS) is 15.4. The minimum absolute atomic E-state index is 0.0126. The molecule has 2 heterocycles. The third-order valence-electron chi connectivity index (χ3n) is 5.40. The van der Waals surface area contributed by atoms with Crippen LogP contribution >= 0.6 is 0 Å².